The van der Waals surface area contributed by atoms with Crippen LogP contribution >= 0.6 is 0 Å². The molecule has 0 unspecified atom stereocenters. The van der Waals surface area contributed by atoms with E-state index in [2.05, 4.69) is 10.3 Å². The summed E-state index contributed by atoms with van der Waals surface area (Å²) in [6.07, 6.45) is 1.30. The molecule has 0 atom stereocenters. The molecule has 2 rings (SSSR count). The van der Waals surface area contributed by atoms with Crippen LogP contribution in [0.3, 0.4) is 0 Å². The van der Waals surface area contributed by atoms with Gasteiger partial charge in [0.05, 0.1) is 6.20 Å². The molecule has 14 heavy (non-hydrogen) atoms. The zero-order valence-electron chi connectivity index (χ0n) is 6.98. The van der Waals surface area contributed by atoms with Gasteiger partial charge in [-0.3, -0.25) is 0 Å². The summed E-state index contributed by atoms with van der Waals surface area (Å²) in [5, 5.41) is 6.99. The molecule has 0 aliphatic carbocycles. The van der Waals surface area contributed by atoms with Gasteiger partial charge in [0.1, 0.15) is 17.3 Å². The minimum atomic E-state index is -0.587. The number of benzene rings is 1. The SMILES string of the molecule is Nc1cn(-c2cc(F)ccc2F)nn1. The second kappa shape index (κ2) is 3.06. The molecule has 0 fully saturated rings. The van der Waals surface area contributed by atoms with Crippen molar-refractivity contribution in [3.63, 3.8) is 0 Å². The molecule has 0 amide bonds. The largest absolute Gasteiger partial charge is 0.381 e. The van der Waals surface area contributed by atoms with Gasteiger partial charge in [0, 0.05) is 6.07 Å². The van der Waals surface area contributed by atoms with Gasteiger partial charge >= 0.3 is 0 Å². The Labute approximate surface area is 78.0 Å². The highest BCUT2D eigenvalue weighted by Gasteiger charge is 2.07. The number of hydrogen-bond acceptors (Lipinski definition) is 3. The van der Waals surface area contributed by atoms with Gasteiger partial charge in [0.25, 0.3) is 0 Å². The highest BCUT2D eigenvalue weighted by molar-refractivity contribution is 5.35. The van der Waals surface area contributed by atoms with Crippen LogP contribution in [0.25, 0.3) is 5.69 Å². The first-order chi connectivity index (χ1) is 6.66. The maximum absolute atomic E-state index is 13.2. The van der Waals surface area contributed by atoms with Crippen LogP contribution in [0, 0.1) is 11.6 Å². The molecule has 0 spiro atoms. The van der Waals surface area contributed by atoms with Crippen LogP contribution in [0.4, 0.5) is 14.6 Å². The molecule has 6 heteroatoms. The zero-order valence-corrected chi connectivity index (χ0v) is 6.98. The van der Waals surface area contributed by atoms with E-state index < -0.39 is 11.6 Å². The fraction of sp³-hybridized carbons (Fsp3) is 0. The van der Waals surface area contributed by atoms with Gasteiger partial charge in [-0.25, -0.2) is 13.5 Å². The first-order valence-corrected chi connectivity index (χ1v) is 3.80. The summed E-state index contributed by atoms with van der Waals surface area (Å²) < 4.78 is 27.0. The average molecular weight is 196 g/mol. The van der Waals surface area contributed by atoms with E-state index in [9.17, 15) is 8.78 Å². The number of nitrogen functional groups attached to an aromatic ring is 1. The minimum absolute atomic E-state index is 0.0193. The van der Waals surface area contributed by atoms with Gasteiger partial charge in [-0.05, 0) is 12.1 Å². The molecule has 4 nitrogen and oxygen atoms in total. The van der Waals surface area contributed by atoms with Crippen molar-refractivity contribution in [3.05, 3.63) is 36.0 Å². The predicted molar refractivity (Wildman–Crippen MR) is 45.7 cm³/mol. The zero-order chi connectivity index (χ0) is 10.1. The van der Waals surface area contributed by atoms with Crippen molar-refractivity contribution in [2.24, 2.45) is 0 Å². The van der Waals surface area contributed by atoms with Crippen molar-refractivity contribution in [1.82, 2.24) is 15.0 Å². The third kappa shape index (κ3) is 1.41. The molecule has 1 aromatic carbocycles. The summed E-state index contributed by atoms with van der Waals surface area (Å²) in [5.74, 6) is -0.986. The Kier molecular flexibility index (Phi) is 1.88. The maximum Gasteiger partial charge on any atom is 0.166 e. The Morgan fingerprint density at radius 1 is 1.29 bits per heavy atom. The van der Waals surface area contributed by atoms with Crippen molar-refractivity contribution in [2.45, 2.75) is 0 Å². The molecular weight excluding hydrogens is 190 g/mol. The van der Waals surface area contributed by atoms with Gasteiger partial charge in [0.15, 0.2) is 5.82 Å². The van der Waals surface area contributed by atoms with Gasteiger partial charge in [-0.1, -0.05) is 5.21 Å². The Hall–Kier alpha value is -1.98. The molecule has 2 N–H and O–H groups in total. The van der Waals surface area contributed by atoms with Gasteiger partial charge in [0.2, 0.25) is 0 Å². The van der Waals surface area contributed by atoms with E-state index in [4.69, 9.17) is 5.73 Å². The van der Waals surface area contributed by atoms with E-state index >= 15 is 0 Å². The monoisotopic (exact) mass is 196 g/mol. The first-order valence-electron chi connectivity index (χ1n) is 3.80. The highest BCUT2D eigenvalue weighted by Crippen LogP contribution is 2.14. The van der Waals surface area contributed by atoms with E-state index in [0.29, 0.717) is 0 Å². The summed E-state index contributed by atoms with van der Waals surface area (Å²) in [6, 6.07) is 3.06. The van der Waals surface area contributed by atoms with E-state index in [-0.39, 0.29) is 11.5 Å². The number of anilines is 1. The lowest BCUT2D eigenvalue weighted by Crippen LogP contribution is -1.99. The highest BCUT2D eigenvalue weighted by atomic mass is 19.1. The Morgan fingerprint density at radius 3 is 2.71 bits per heavy atom. The van der Waals surface area contributed by atoms with Crippen LogP contribution in [-0.4, -0.2) is 15.0 Å². The molecule has 0 aliphatic rings. The lowest BCUT2D eigenvalue weighted by molar-refractivity contribution is 0.584. The number of hydrogen-bond donors (Lipinski definition) is 1. The Morgan fingerprint density at radius 2 is 2.07 bits per heavy atom. The van der Waals surface area contributed by atoms with Crippen LogP contribution in [-0.2, 0) is 0 Å². The van der Waals surface area contributed by atoms with Crippen LogP contribution in [0.5, 0.6) is 0 Å². The number of halogens is 2. The molecular formula is C8H6F2N4. The molecule has 0 radical (unpaired) electrons. The second-order valence-electron chi connectivity index (χ2n) is 2.68. The fourth-order valence-electron chi connectivity index (χ4n) is 1.06. The van der Waals surface area contributed by atoms with Gasteiger partial charge in [-0.2, -0.15) is 0 Å². The molecule has 0 bridgehead atoms. The third-order valence-electron chi connectivity index (χ3n) is 1.67. The van der Waals surface area contributed by atoms with Crippen molar-refractivity contribution >= 4 is 5.82 Å². The molecule has 1 heterocycles. The number of aromatic nitrogens is 3. The lowest BCUT2D eigenvalue weighted by Gasteiger charge is -2.00. The molecule has 0 saturated carbocycles. The quantitative estimate of drug-likeness (QED) is 0.743. The van der Waals surface area contributed by atoms with Crippen LogP contribution in [0.2, 0.25) is 0 Å². The summed E-state index contributed by atoms with van der Waals surface area (Å²) in [4.78, 5) is 0. The summed E-state index contributed by atoms with van der Waals surface area (Å²) in [6.45, 7) is 0. The molecule has 72 valence electrons. The third-order valence-corrected chi connectivity index (χ3v) is 1.67. The van der Waals surface area contributed by atoms with Gasteiger partial charge in [-0.15, -0.1) is 5.10 Å². The van der Waals surface area contributed by atoms with Crippen LogP contribution in [0.1, 0.15) is 0 Å². The molecule has 0 saturated heterocycles. The maximum atomic E-state index is 13.2. The van der Waals surface area contributed by atoms with E-state index in [1.807, 2.05) is 0 Å². The summed E-state index contributed by atoms with van der Waals surface area (Å²) in [7, 11) is 0. The smallest absolute Gasteiger partial charge is 0.166 e. The summed E-state index contributed by atoms with van der Waals surface area (Å²) >= 11 is 0. The first kappa shape index (κ1) is 8.61. The predicted octanol–water partition coefficient (Wildman–Crippen LogP) is 1.13. The van der Waals surface area contributed by atoms with Crippen LogP contribution in [0.15, 0.2) is 24.4 Å². The normalized spacial score (nSPS) is 10.4. The average Bonchev–Trinajstić information content (AvgIpc) is 2.56. The van der Waals surface area contributed by atoms with Crippen molar-refractivity contribution in [1.29, 1.82) is 0 Å². The van der Waals surface area contributed by atoms with Crippen molar-refractivity contribution < 1.29 is 8.78 Å². The lowest BCUT2D eigenvalue weighted by atomic mass is 10.3. The van der Waals surface area contributed by atoms with Gasteiger partial charge < -0.3 is 5.73 Å². The summed E-state index contributed by atoms with van der Waals surface area (Å²) in [5.41, 5.74) is 5.27. The molecule has 1 aromatic heterocycles. The number of nitrogens with two attached hydrogens (primary N) is 1. The Balaban J connectivity index is 2.55. The molecule has 2 aromatic rings. The Bertz CT molecular complexity index is 466. The van der Waals surface area contributed by atoms with E-state index in [0.717, 1.165) is 22.9 Å². The number of rotatable bonds is 1. The van der Waals surface area contributed by atoms with E-state index in [1.54, 1.807) is 0 Å². The second-order valence-corrected chi connectivity index (χ2v) is 2.68. The minimum Gasteiger partial charge on any atom is -0.381 e. The van der Waals surface area contributed by atoms with Crippen molar-refractivity contribution in [2.75, 3.05) is 5.73 Å². The molecule has 0 aliphatic heterocycles. The standard InChI is InChI=1S/C8H6F2N4/c9-5-1-2-6(10)7(3-5)14-4-8(11)12-13-14/h1-4H,11H2. The van der Waals surface area contributed by atoms with Crippen LogP contribution < -0.4 is 5.73 Å². The van der Waals surface area contributed by atoms with Crippen molar-refractivity contribution in [3.8, 4) is 5.69 Å². The van der Waals surface area contributed by atoms with E-state index in [1.165, 1.54) is 6.20 Å². The topological polar surface area (TPSA) is 56.7 Å². The fourth-order valence-corrected chi connectivity index (χ4v) is 1.06. The number of nitrogens with zero attached hydrogens (tertiary/aromatic N) is 3.